The fourth-order valence-corrected chi connectivity index (χ4v) is 5.69. The van der Waals surface area contributed by atoms with Gasteiger partial charge in [0.1, 0.15) is 11.4 Å². The van der Waals surface area contributed by atoms with Crippen molar-refractivity contribution in [1.29, 1.82) is 0 Å². The summed E-state index contributed by atoms with van der Waals surface area (Å²) < 4.78 is 31.2. The summed E-state index contributed by atoms with van der Waals surface area (Å²) in [4.78, 5) is 12.9. The molecule has 2 fully saturated rings. The SMILES string of the molecule is CS(=O)(=O)N1CCC(C(=O)N[C@H]2CC3(CCCC3)Oc3ccccc32)CC1. The largest absolute Gasteiger partial charge is 0.487 e. The molecule has 7 heteroatoms. The summed E-state index contributed by atoms with van der Waals surface area (Å²) in [5, 5.41) is 3.26. The van der Waals surface area contributed by atoms with Crippen LogP contribution in [-0.2, 0) is 14.8 Å². The lowest BCUT2D eigenvalue weighted by molar-refractivity contribution is -0.127. The summed E-state index contributed by atoms with van der Waals surface area (Å²) in [6.07, 6.45) is 7.63. The molecule has 1 saturated heterocycles. The number of nitrogens with zero attached hydrogens (tertiary/aromatic N) is 1. The minimum atomic E-state index is -3.17. The van der Waals surface area contributed by atoms with Gasteiger partial charge in [-0.25, -0.2) is 12.7 Å². The standard InChI is InChI=1S/C20H28N2O4S/c1-27(24,25)22-12-8-15(9-13-22)19(23)21-17-14-20(10-4-5-11-20)26-18-7-3-2-6-16(17)18/h2-3,6-7,15,17H,4-5,8-14H2,1H3,(H,21,23)/t17-/m0/s1. The first-order chi connectivity index (χ1) is 12.9. The maximum atomic E-state index is 12.9. The zero-order chi connectivity index (χ0) is 19.1. The quantitative estimate of drug-likeness (QED) is 0.858. The molecule has 6 nitrogen and oxygen atoms in total. The van der Waals surface area contributed by atoms with Gasteiger partial charge in [0.05, 0.1) is 12.3 Å². The van der Waals surface area contributed by atoms with E-state index in [0.717, 1.165) is 30.6 Å². The number of rotatable bonds is 3. The van der Waals surface area contributed by atoms with Gasteiger partial charge in [0.15, 0.2) is 0 Å². The van der Waals surface area contributed by atoms with Crippen LogP contribution in [0.2, 0.25) is 0 Å². The number of para-hydroxylation sites is 1. The van der Waals surface area contributed by atoms with Crippen molar-refractivity contribution >= 4 is 15.9 Å². The van der Waals surface area contributed by atoms with Crippen LogP contribution in [0.4, 0.5) is 0 Å². The van der Waals surface area contributed by atoms with E-state index in [1.165, 1.54) is 23.4 Å². The molecule has 0 radical (unpaired) electrons. The summed E-state index contributed by atoms with van der Waals surface area (Å²) in [5.74, 6) is 0.804. The third-order valence-corrected chi connectivity index (χ3v) is 7.63. The molecular formula is C20H28N2O4S. The first-order valence-electron chi connectivity index (χ1n) is 9.90. The second-order valence-electron chi connectivity index (χ2n) is 8.23. The summed E-state index contributed by atoms with van der Waals surface area (Å²) in [6, 6.07) is 7.96. The predicted octanol–water partition coefficient (Wildman–Crippen LogP) is 2.61. The van der Waals surface area contributed by atoms with Crippen molar-refractivity contribution in [3.8, 4) is 5.75 Å². The van der Waals surface area contributed by atoms with E-state index in [4.69, 9.17) is 4.74 Å². The molecule has 1 aliphatic carbocycles. The van der Waals surface area contributed by atoms with Crippen LogP contribution in [0.3, 0.4) is 0 Å². The molecule has 1 aromatic carbocycles. The third-order valence-electron chi connectivity index (χ3n) is 6.32. The Balaban J connectivity index is 1.46. The second kappa shape index (κ2) is 7.09. The molecule has 1 N–H and O–H groups in total. The van der Waals surface area contributed by atoms with Gasteiger partial charge in [-0.3, -0.25) is 4.79 Å². The van der Waals surface area contributed by atoms with E-state index in [-0.39, 0.29) is 23.5 Å². The molecule has 0 aromatic heterocycles. The van der Waals surface area contributed by atoms with E-state index in [1.807, 2.05) is 24.3 Å². The van der Waals surface area contributed by atoms with E-state index in [9.17, 15) is 13.2 Å². The van der Waals surface area contributed by atoms with Gasteiger partial charge in [0.2, 0.25) is 15.9 Å². The Hall–Kier alpha value is -1.60. The molecule has 1 atom stereocenters. The molecule has 0 unspecified atom stereocenters. The summed E-state index contributed by atoms with van der Waals surface area (Å²) >= 11 is 0. The van der Waals surface area contributed by atoms with Gasteiger partial charge in [0.25, 0.3) is 0 Å². The topological polar surface area (TPSA) is 75.7 Å². The minimum Gasteiger partial charge on any atom is -0.487 e. The van der Waals surface area contributed by atoms with E-state index >= 15 is 0 Å². The predicted molar refractivity (Wildman–Crippen MR) is 103 cm³/mol. The van der Waals surface area contributed by atoms with Crippen LogP contribution in [0.15, 0.2) is 24.3 Å². The smallest absolute Gasteiger partial charge is 0.223 e. The Morgan fingerprint density at radius 2 is 1.85 bits per heavy atom. The van der Waals surface area contributed by atoms with E-state index in [0.29, 0.717) is 25.9 Å². The highest BCUT2D eigenvalue weighted by atomic mass is 32.2. The Labute approximate surface area is 161 Å². The number of benzene rings is 1. The molecule has 4 rings (SSSR count). The van der Waals surface area contributed by atoms with Crippen LogP contribution in [0.1, 0.15) is 56.6 Å². The Morgan fingerprint density at radius 1 is 1.19 bits per heavy atom. The number of nitrogens with one attached hydrogen (secondary N) is 1. The monoisotopic (exact) mass is 392 g/mol. The van der Waals surface area contributed by atoms with Crippen molar-refractivity contribution in [3.05, 3.63) is 29.8 Å². The number of ether oxygens (including phenoxy) is 1. The van der Waals surface area contributed by atoms with Gasteiger partial charge in [-0.1, -0.05) is 18.2 Å². The highest BCUT2D eigenvalue weighted by molar-refractivity contribution is 7.88. The lowest BCUT2D eigenvalue weighted by Crippen LogP contribution is -2.47. The van der Waals surface area contributed by atoms with Gasteiger partial charge < -0.3 is 10.1 Å². The van der Waals surface area contributed by atoms with Gasteiger partial charge in [0, 0.05) is 31.0 Å². The number of hydrogen-bond acceptors (Lipinski definition) is 4. The molecule has 1 saturated carbocycles. The summed E-state index contributed by atoms with van der Waals surface area (Å²) in [5.41, 5.74) is 0.906. The second-order valence-corrected chi connectivity index (χ2v) is 10.2. The van der Waals surface area contributed by atoms with Gasteiger partial charge in [-0.05, 0) is 44.6 Å². The highest BCUT2D eigenvalue weighted by Crippen LogP contribution is 2.47. The average Bonchev–Trinajstić information content (AvgIpc) is 3.08. The van der Waals surface area contributed by atoms with Gasteiger partial charge in [-0.15, -0.1) is 0 Å². The van der Waals surface area contributed by atoms with Crippen LogP contribution in [-0.4, -0.2) is 43.6 Å². The van der Waals surface area contributed by atoms with E-state index < -0.39 is 10.0 Å². The van der Waals surface area contributed by atoms with Crippen molar-refractivity contribution in [3.63, 3.8) is 0 Å². The Bertz CT molecular complexity index is 809. The van der Waals surface area contributed by atoms with E-state index in [1.54, 1.807) is 0 Å². The van der Waals surface area contributed by atoms with E-state index in [2.05, 4.69) is 5.32 Å². The Kier molecular flexibility index (Phi) is 4.93. The molecule has 1 spiro atoms. The zero-order valence-corrected chi connectivity index (χ0v) is 16.6. The fourth-order valence-electron chi connectivity index (χ4n) is 4.81. The number of fused-ring (bicyclic) bond motifs is 1. The number of hydrogen-bond donors (Lipinski definition) is 1. The number of carbonyl (C=O) groups is 1. The number of sulfonamides is 1. The minimum absolute atomic E-state index is 0.0338. The number of amides is 1. The molecule has 1 amide bonds. The van der Waals surface area contributed by atoms with Crippen molar-refractivity contribution in [2.24, 2.45) is 5.92 Å². The van der Waals surface area contributed by atoms with Gasteiger partial charge >= 0.3 is 0 Å². The maximum absolute atomic E-state index is 12.9. The lowest BCUT2D eigenvalue weighted by atomic mass is 9.85. The lowest BCUT2D eigenvalue weighted by Gasteiger charge is -2.41. The summed E-state index contributed by atoms with van der Waals surface area (Å²) in [6.45, 7) is 0.844. The molecule has 2 heterocycles. The van der Waals surface area contributed by atoms with Crippen LogP contribution in [0.25, 0.3) is 0 Å². The van der Waals surface area contributed by atoms with Crippen molar-refractivity contribution in [2.75, 3.05) is 19.3 Å². The van der Waals surface area contributed by atoms with Crippen LogP contribution < -0.4 is 10.1 Å². The fraction of sp³-hybridized carbons (Fsp3) is 0.650. The molecule has 1 aromatic rings. The average molecular weight is 393 g/mol. The zero-order valence-electron chi connectivity index (χ0n) is 15.8. The molecule has 148 valence electrons. The van der Waals surface area contributed by atoms with Crippen molar-refractivity contribution < 1.29 is 17.9 Å². The molecule has 3 aliphatic rings. The molecular weight excluding hydrogens is 364 g/mol. The molecule has 0 bridgehead atoms. The van der Waals surface area contributed by atoms with Crippen LogP contribution in [0.5, 0.6) is 5.75 Å². The number of carbonyl (C=O) groups excluding carboxylic acids is 1. The van der Waals surface area contributed by atoms with Crippen molar-refractivity contribution in [2.45, 2.75) is 56.6 Å². The molecule has 2 aliphatic heterocycles. The number of piperidine rings is 1. The molecule has 27 heavy (non-hydrogen) atoms. The highest BCUT2D eigenvalue weighted by Gasteiger charge is 2.44. The maximum Gasteiger partial charge on any atom is 0.223 e. The van der Waals surface area contributed by atoms with Crippen LogP contribution in [0, 0.1) is 5.92 Å². The first-order valence-corrected chi connectivity index (χ1v) is 11.7. The van der Waals surface area contributed by atoms with Crippen molar-refractivity contribution in [1.82, 2.24) is 9.62 Å². The third kappa shape index (κ3) is 3.85. The normalized spacial score (nSPS) is 25.7. The Morgan fingerprint density at radius 3 is 2.52 bits per heavy atom. The summed E-state index contributed by atoms with van der Waals surface area (Å²) in [7, 11) is -3.17. The van der Waals surface area contributed by atoms with Crippen LogP contribution >= 0.6 is 0 Å². The first kappa shape index (κ1) is 18.7. The van der Waals surface area contributed by atoms with Gasteiger partial charge in [-0.2, -0.15) is 0 Å².